The molecular formula is C10H17NO2. The molecule has 0 aliphatic rings. The summed E-state index contributed by atoms with van der Waals surface area (Å²) in [5.41, 5.74) is 1.15. The van der Waals surface area contributed by atoms with E-state index in [4.69, 9.17) is 9.52 Å². The van der Waals surface area contributed by atoms with Gasteiger partial charge in [0.15, 0.2) is 0 Å². The van der Waals surface area contributed by atoms with E-state index in [1.807, 2.05) is 6.07 Å². The Bertz CT molecular complexity index is 219. The molecule has 0 saturated heterocycles. The molecule has 0 unspecified atom stereocenters. The number of rotatable bonds is 5. The summed E-state index contributed by atoms with van der Waals surface area (Å²) in [6.07, 6.45) is 3.42. The van der Waals surface area contributed by atoms with Gasteiger partial charge >= 0.3 is 0 Å². The first kappa shape index (κ1) is 10.3. The fourth-order valence-corrected chi connectivity index (χ4v) is 1.27. The maximum atomic E-state index is 8.85. The normalized spacial score (nSPS) is 11.5. The lowest BCUT2D eigenvalue weighted by molar-refractivity contribution is 0.159. The summed E-state index contributed by atoms with van der Waals surface area (Å²) in [6.45, 7) is 6.00. The number of hydrogen-bond donors (Lipinski definition) is 1. The quantitative estimate of drug-likeness (QED) is 0.751. The van der Waals surface area contributed by atoms with Crippen molar-refractivity contribution in [3.63, 3.8) is 0 Å². The van der Waals surface area contributed by atoms with Crippen molar-refractivity contribution in [3.05, 3.63) is 24.2 Å². The van der Waals surface area contributed by atoms with E-state index in [0.717, 1.165) is 12.1 Å². The highest BCUT2D eigenvalue weighted by Crippen LogP contribution is 2.07. The first-order valence-electron chi connectivity index (χ1n) is 4.60. The summed E-state index contributed by atoms with van der Waals surface area (Å²) >= 11 is 0. The van der Waals surface area contributed by atoms with Crippen LogP contribution in [0.3, 0.4) is 0 Å². The minimum absolute atomic E-state index is 0.204. The molecule has 0 aliphatic carbocycles. The summed E-state index contributed by atoms with van der Waals surface area (Å²) in [6, 6.07) is 2.40. The molecule has 3 nitrogen and oxygen atoms in total. The molecule has 0 spiro atoms. The van der Waals surface area contributed by atoms with Gasteiger partial charge in [0.05, 0.1) is 19.1 Å². The molecule has 3 heteroatoms. The fraction of sp³-hybridized carbons (Fsp3) is 0.600. The number of aliphatic hydroxyl groups excluding tert-OH is 1. The third-order valence-electron chi connectivity index (χ3n) is 2.08. The topological polar surface area (TPSA) is 36.6 Å². The lowest BCUT2D eigenvalue weighted by Crippen LogP contribution is -2.32. The summed E-state index contributed by atoms with van der Waals surface area (Å²) in [7, 11) is 0. The molecule has 0 amide bonds. The monoisotopic (exact) mass is 183 g/mol. The summed E-state index contributed by atoms with van der Waals surface area (Å²) in [4.78, 5) is 2.20. The van der Waals surface area contributed by atoms with Crippen molar-refractivity contribution < 1.29 is 9.52 Å². The van der Waals surface area contributed by atoms with Crippen LogP contribution in [0.25, 0.3) is 0 Å². The Kier molecular flexibility index (Phi) is 3.99. The average Bonchev–Trinajstić information content (AvgIpc) is 2.56. The molecule has 13 heavy (non-hydrogen) atoms. The smallest absolute Gasteiger partial charge is 0.0947 e. The lowest BCUT2D eigenvalue weighted by Gasteiger charge is -2.24. The highest BCUT2D eigenvalue weighted by molar-refractivity contribution is 5.04. The summed E-state index contributed by atoms with van der Waals surface area (Å²) in [5.74, 6) is 0. The highest BCUT2D eigenvalue weighted by atomic mass is 16.3. The van der Waals surface area contributed by atoms with Crippen molar-refractivity contribution in [2.24, 2.45) is 0 Å². The van der Waals surface area contributed by atoms with Crippen molar-refractivity contribution >= 4 is 0 Å². The van der Waals surface area contributed by atoms with E-state index < -0.39 is 0 Å². The van der Waals surface area contributed by atoms with E-state index in [9.17, 15) is 0 Å². The van der Waals surface area contributed by atoms with Crippen molar-refractivity contribution in [1.29, 1.82) is 0 Å². The predicted octanol–water partition coefficient (Wildman–Crippen LogP) is 1.48. The van der Waals surface area contributed by atoms with E-state index in [-0.39, 0.29) is 6.61 Å². The van der Waals surface area contributed by atoms with Gasteiger partial charge in [-0.15, -0.1) is 0 Å². The van der Waals surface area contributed by atoms with E-state index >= 15 is 0 Å². The molecule has 1 aromatic heterocycles. The Balaban J connectivity index is 2.47. The average molecular weight is 183 g/mol. The molecule has 0 saturated carbocycles. The SMILES string of the molecule is CC(C)N(CCO)Cc1ccoc1. The zero-order valence-electron chi connectivity index (χ0n) is 8.23. The number of hydrogen-bond acceptors (Lipinski definition) is 3. The van der Waals surface area contributed by atoms with Crippen LogP contribution in [-0.4, -0.2) is 29.2 Å². The first-order chi connectivity index (χ1) is 6.24. The van der Waals surface area contributed by atoms with Gasteiger partial charge in [-0.05, 0) is 19.9 Å². The Labute approximate surface area is 79.0 Å². The molecule has 1 aromatic rings. The fourth-order valence-electron chi connectivity index (χ4n) is 1.27. The van der Waals surface area contributed by atoms with Gasteiger partial charge in [0, 0.05) is 24.7 Å². The Morgan fingerprint density at radius 1 is 1.54 bits per heavy atom. The van der Waals surface area contributed by atoms with Crippen LogP contribution in [-0.2, 0) is 6.54 Å². The molecule has 1 rings (SSSR count). The summed E-state index contributed by atoms with van der Waals surface area (Å²) < 4.78 is 4.98. The molecule has 0 aromatic carbocycles. The maximum Gasteiger partial charge on any atom is 0.0947 e. The third kappa shape index (κ3) is 3.20. The second-order valence-corrected chi connectivity index (χ2v) is 3.42. The molecule has 0 atom stereocenters. The van der Waals surface area contributed by atoms with Gasteiger partial charge in [0.2, 0.25) is 0 Å². The van der Waals surface area contributed by atoms with Crippen LogP contribution in [0.5, 0.6) is 0 Å². The maximum absolute atomic E-state index is 8.85. The van der Waals surface area contributed by atoms with E-state index in [2.05, 4.69) is 18.7 Å². The molecule has 0 radical (unpaired) electrons. The second-order valence-electron chi connectivity index (χ2n) is 3.42. The van der Waals surface area contributed by atoms with Crippen LogP contribution < -0.4 is 0 Å². The van der Waals surface area contributed by atoms with Crippen molar-refractivity contribution in [2.45, 2.75) is 26.4 Å². The summed E-state index contributed by atoms with van der Waals surface area (Å²) in [5, 5.41) is 8.85. The van der Waals surface area contributed by atoms with Gasteiger partial charge in [0.25, 0.3) is 0 Å². The van der Waals surface area contributed by atoms with Gasteiger partial charge in [0.1, 0.15) is 0 Å². The Hall–Kier alpha value is -0.800. The van der Waals surface area contributed by atoms with Gasteiger partial charge in [-0.25, -0.2) is 0 Å². The highest BCUT2D eigenvalue weighted by Gasteiger charge is 2.09. The van der Waals surface area contributed by atoms with Crippen LogP contribution in [0, 0.1) is 0 Å². The van der Waals surface area contributed by atoms with Crippen LogP contribution >= 0.6 is 0 Å². The van der Waals surface area contributed by atoms with E-state index in [1.54, 1.807) is 12.5 Å². The number of furan rings is 1. The number of aliphatic hydroxyl groups is 1. The zero-order chi connectivity index (χ0) is 9.68. The molecule has 0 bridgehead atoms. The van der Waals surface area contributed by atoms with Gasteiger partial charge in [-0.1, -0.05) is 0 Å². The standard InChI is InChI=1S/C10H17NO2/c1-9(2)11(4-5-12)7-10-3-6-13-8-10/h3,6,8-9,12H,4-5,7H2,1-2H3. The lowest BCUT2D eigenvalue weighted by atomic mass is 10.2. The second kappa shape index (κ2) is 5.04. The molecule has 1 N–H and O–H groups in total. The van der Waals surface area contributed by atoms with E-state index in [1.165, 1.54) is 0 Å². The van der Waals surface area contributed by atoms with Gasteiger partial charge in [-0.2, -0.15) is 0 Å². The van der Waals surface area contributed by atoms with Crippen LogP contribution in [0.4, 0.5) is 0 Å². The van der Waals surface area contributed by atoms with Crippen molar-refractivity contribution in [1.82, 2.24) is 4.90 Å². The number of nitrogens with zero attached hydrogens (tertiary/aromatic N) is 1. The molecule has 1 heterocycles. The minimum atomic E-state index is 0.204. The van der Waals surface area contributed by atoms with Crippen LogP contribution in [0.2, 0.25) is 0 Å². The van der Waals surface area contributed by atoms with Crippen LogP contribution in [0.15, 0.2) is 23.0 Å². The predicted molar refractivity (Wildman–Crippen MR) is 51.3 cm³/mol. The molecule has 74 valence electrons. The Morgan fingerprint density at radius 2 is 2.31 bits per heavy atom. The minimum Gasteiger partial charge on any atom is -0.472 e. The van der Waals surface area contributed by atoms with Gasteiger partial charge in [-0.3, -0.25) is 4.90 Å². The van der Waals surface area contributed by atoms with Crippen LogP contribution in [0.1, 0.15) is 19.4 Å². The molecule has 0 aliphatic heterocycles. The zero-order valence-corrected chi connectivity index (χ0v) is 8.23. The largest absolute Gasteiger partial charge is 0.472 e. The molecule has 0 fully saturated rings. The van der Waals surface area contributed by atoms with Crippen molar-refractivity contribution in [3.8, 4) is 0 Å². The first-order valence-corrected chi connectivity index (χ1v) is 4.60. The van der Waals surface area contributed by atoms with Gasteiger partial charge < -0.3 is 9.52 Å². The van der Waals surface area contributed by atoms with Crippen molar-refractivity contribution in [2.75, 3.05) is 13.2 Å². The Morgan fingerprint density at radius 3 is 2.77 bits per heavy atom. The molecular weight excluding hydrogens is 166 g/mol. The third-order valence-corrected chi connectivity index (χ3v) is 2.08. The van der Waals surface area contributed by atoms with E-state index in [0.29, 0.717) is 12.6 Å².